The molecule has 0 unspecified atom stereocenters. The molecule has 0 bridgehead atoms. The van der Waals surface area contributed by atoms with E-state index in [1.54, 1.807) is 23.5 Å². The number of nitrogens with two attached hydrogens (primary N) is 1. The molecule has 14 heavy (non-hydrogen) atoms. The summed E-state index contributed by atoms with van der Waals surface area (Å²) in [5.41, 5.74) is 7.11. The van der Waals surface area contributed by atoms with Crippen molar-refractivity contribution in [3.8, 4) is 0 Å². The summed E-state index contributed by atoms with van der Waals surface area (Å²) in [6, 6.07) is 6.34. The fourth-order valence-corrected chi connectivity index (χ4v) is 3.22. The van der Waals surface area contributed by atoms with E-state index in [4.69, 9.17) is 5.73 Å². The van der Waals surface area contributed by atoms with Gasteiger partial charge in [-0.15, -0.1) is 23.5 Å². The van der Waals surface area contributed by atoms with Gasteiger partial charge in [-0.1, -0.05) is 12.1 Å². The van der Waals surface area contributed by atoms with Gasteiger partial charge < -0.3 is 5.73 Å². The summed E-state index contributed by atoms with van der Waals surface area (Å²) in [6.45, 7) is 4.10. The Bertz CT molecular complexity index is 316. The van der Waals surface area contributed by atoms with Gasteiger partial charge in [0.05, 0.1) is 0 Å². The molecule has 0 atom stereocenters. The Hall–Kier alpha value is -0.120. The molecule has 1 aromatic rings. The van der Waals surface area contributed by atoms with Crippen LogP contribution in [0.3, 0.4) is 0 Å². The number of hydrogen-bond donors (Lipinski definition) is 1. The molecule has 0 spiro atoms. The summed E-state index contributed by atoms with van der Waals surface area (Å²) < 4.78 is 0. The lowest BCUT2D eigenvalue weighted by Gasteiger charge is -2.23. The first-order chi connectivity index (χ1) is 6.50. The lowest BCUT2D eigenvalue weighted by Crippen LogP contribution is -2.29. The number of rotatable bonds is 3. The molecule has 0 saturated heterocycles. The second kappa shape index (κ2) is 4.60. The maximum atomic E-state index is 6.13. The molecule has 2 N–H and O–H groups in total. The van der Waals surface area contributed by atoms with Crippen molar-refractivity contribution in [1.29, 1.82) is 0 Å². The van der Waals surface area contributed by atoms with Crippen molar-refractivity contribution in [2.75, 3.05) is 12.5 Å². The van der Waals surface area contributed by atoms with Crippen LogP contribution in [0.1, 0.15) is 19.4 Å². The highest BCUT2D eigenvalue weighted by atomic mass is 32.2. The van der Waals surface area contributed by atoms with Crippen LogP contribution in [-0.2, 0) is 5.54 Å². The van der Waals surface area contributed by atoms with Crippen LogP contribution in [0.4, 0.5) is 0 Å². The van der Waals surface area contributed by atoms with Gasteiger partial charge in [0.25, 0.3) is 0 Å². The Morgan fingerprint density at radius 2 is 1.79 bits per heavy atom. The van der Waals surface area contributed by atoms with Gasteiger partial charge in [0.2, 0.25) is 0 Å². The molecule has 1 nitrogen and oxygen atoms in total. The quantitative estimate of drug-likeness (QED) is 0.802. The van der Waals surface area contributed by atoms with Crippen molar-refractivity contribution < 1.29 is 0 Å². The third-order valence-corrected chi connectivity index (χ3v) is 3.85. The Kier molecular flexibility index (Phi) is 3.93. The van der Waals surface area contributed by atoms with E-state index < -0.39 is 0 Å². The van der Waals surface area contributed by atoms with Gasteiger partial charge in [-0.3, -0.25) is 0 Å². The summed E-state index contributed by atoms with van der Waals surface area (Å²) in [5, 5.41) is 0. The molecule has 0 saturated carbocycles. The van der Waals surface area contributed by atoms with Crippen LogP contribution in [0.15, 0.2) is 28.0 Å². The SMILES string of the molecule is CSc1cccc(C(C)(C)N)c1SC. The second-order valence-electron chi connectivity index (χ2n) is 3.76. The highest BCUT2D eigenvalue weighted by Gasteiger charge is 2.19. The van der Waals surface area contributed by atoms with Gasteiger partial charge in [-0.25, -0.2) is 0 Å². The van der Waals surface area contributed by atoms with Gasteiger partial charge >= 0.3 is 0 Å². The lowest BCUT2D eigenvalue weighted by molar-refractivity contribution is 0.540. The summed E-state index contributed by atoms with van der Waals surface area (Å²) in [7, 11) is 0. The molecule has 0 amide bonds. The first kappa shape index (κ1) is 12.0. The first-order valence-corrected chi connectivity index (χ1v) is 6.96. The van der Waals surface area contributed by atoms with Crippen molar-refractivity contribution in [1.82, 2.24) is 0 Å². The number of benzene rings is 1. The van der Waals surface area contributed by atoms with Gasteiger partial charge in [-0.05, 0) is 38.0 Å². The Balaban J connectivity index is 3.29. The molecule has 0 aliphatic carbocycles. The average molecular weight is 227 g/mol. The van der Waals surface area contributed by atoms with E-state index in [9.17, 15) is 0 Å². The fraction of sp³-hybridized carbons (Fsp3) is 0.455. The first-order valence-electron chi connectivity index (χ1n) is 4.51. The van der Waals surface area contributed by atoms with Crippen LogP contribution in [0.25, 0.3) is 0 Å². The van der Waals surface area contributed by atoms with Crippen molar-refractivity contribution in [3.05, 3.63) is 23.8 Å². The lowest BCUT2D eigenvalue weighted by atomic mass is 9.96. The molecule has 0 aliphatic rings. The number of hydrogen-bond acceptors (Lipinski definition) is 3. The maximum absolute atomic E-state index is 6.13. The van der Waals surface area contributed by atoms with Crippen molar-refractivity contribution >= 4 is 23.5 Å². The third kappa shape index (κ3) is 2.47. The third-order valence-electron chi connectivity index (χ3n) is 2.10. The Morgan fingerprint density at radius 3 is 2.21 bits per heavy atom. The van der Waals surface area contributed by atoms with Gasteiger partial charge in [0.1, 0.15) is 0 Å². The molecule has 1 rings (SSSR count). The zero-order valence-corrected chi connectivity index (χ0v) is 10.8. The van der Waals surface area contributed by atoms with Crippen LogP contribution < -0.4 is 5.73 Å². The Labute approximate surface area is 94.8 Å². The van der Waals surface area contributed by atoms with Gasteiger partial charge in [0, 0.05) is 15.3 Å². The van der Waals surface area contributed by atoms with E-state index >= 15 is 0 Å². The summed E-state index contributed by atoms with van der Waals surface area (Å²) in [5.74, 6) is 0. The van der Waals surface area contributed by atoms with Crippen LogP contribution in [0.2, 0.25) is 0 Å². The van der Waals surface area contributed by atoms with E-state index in [1.165, 1.54) is 15.4 Å². The second-order valence-corrected chi connectivity index (χ2v) is 5.43. The van der Waals surface area contributed by atoms with Crippen molar-refractivity contribution in [2.45, 2.75) is 29.2 Å². The van der Waals surface area contributed by atoms with Gasteiger partial charge in [0.15, 0.2) is 0 Å². The van der Waals surface area contributed by atoms with E-state index in [0.29, 0.717) is 0 Å². The summed E-state index contributed by atoms with van der Waals surface area (Å²) in [4.78, 5) is 2.63. The highest BCUT2D eigenvalue weighted by Crippen LogP contribution is 2.35. The molecule has 78 valence electrons. The van der Waals surface area contributed by atoms with Crippen LogP contribution in [0, 0.1) is 0 Å². The van der Waals surface area contributed by atoms with Gasteiger partial charge in [-0.2, -0.15) is 0 Å². The predicted octanol–water partition coefficient (Wildman–Crippen LogP) is 3.32. The molecular weight excluding hydrogens is 210 g/mol. The topological polar surface area (TPSA) is 26.0 Å². The largest absolute Gasteiger partial charge is 0.322 e. The standard InChI is InChI=1S/C11H17NS2/c1-11(2,12)8-6-5-7-9(13-3)10(8)14-4/h5-7H,12H2,1-4H3. The van der Waals surface area contributed by atoms with E-state index in [2.05, 4.69) is 30.7 Å². The Morgan fingerprint density at radius 1 is 1.14 bits per heavy atom. The van der Waals surface area contributed by atoms with Crippen molar-refractivity contribution in [2.24, 2.45) is 5.73 Å². The molecule has 0 aliphatic heterocycles. The average Bonchev–Trinajstić information content (AvgIpc) is 2.15. The molecular formula is C11H17NS2. The molecule has 0 fully saturated rings. The fourth-order valence-electron chi connectivity index (χ4n) is 1.39. The normalized spacial score (nSPS) is 11.8. The van der Waals surface area contributed by atoms with Crippen molar-refractivity contribution in [3.63, 3.8) is 0 Å². The molecule has 0 radical (unpaired) electrons. The zero-order valence-electron chi connectivity index (χ0n) is 9.13. The van der Waals surface area contributed by atoms with E-state index in [0.717, 1.165) is 0 Å². The molecule has 1 aromatic carbocycles. The summed E-state index contributed by atoms with van der Waals surface area (Å²) in [6.07, 6.45) is 4.20. The minimum Gasteiger partial charge on any atom is -0.322 e. The maximum Gasteiger partial charge on any atom is 0.0364 e. The monoisotopic (exact) mass is 227 g/mol. The predicted molar refractivity (Wildman–Crippen MR) is 67.2 cm³/mol. The smallest absolute Gasteiger partial charge is 0.0364 e. The van der Waals surface area contributed by atoms with Crippen LogP contribution >= 0.6 is 23.5 Å². The minimum atomic E-state index is -0.260. The van der Waals surface area contributed by atoms with E-state index in [-0.39, 0.29) is 5.54 Å². The summed E-state index contributed by atoms with van der Waals surface area (Å²) >= 11 is 3.55. The number of thioether (sulfide) groups is 2. The minimum absolute atomic E-state index is 0.260. The zero-order chi connectivity index (χ0) is 10.8. The van der Waals surface area contributed by atoms with Crippen LogP contribution in [-0.4, -0.2) is 12.5 Å². The molecule has 0 aromatic heterocycles. The molecule has 3 heteroatoms. The van der Waals surface area contributed by atoms with Crippen LogP contribution in [0.5, 0.6) is 0 Å². The van der Waals surface area contributed by atoms with E-state index in [1.807, 2.05) is 13.8 Å². The molecule has 0 heterocycles. The highest BCUT2D eigenvalue weighted by molar-refractivity contribution is 8.01.